The van der Waals surface area contributed by atoms with Crippen molar-refractivity contribution >= 4 is 11.8 Å². The van der Waals surface area contributed by atoms with Crippen LogP contribution in [0.1, 0.15) is 13.3 Å². The lowest BCUT2D eigenvalue weighted by Gasteiger charge is -2.12. The SMILES string of the molecule is C[C@H](NC(=O)[C@@H]1CCOC1)C(N)=O. The first-order valence-electron chi connectivity index (χ1n) is 4.28. The van der Waals surface area contributed by atoms with Crippen LogP contribution >= 0.6 is 0 Å². The van der Waals surface area contributed by atoms with Crippen LogP contribution in [0.15, 0.2) is 0 Å². The zero-order valence-corrected chi connectivity index (χ0v) is 7.58. The third-order valence-corrected chi connectivity index (χ3v) is 2.09. The first-order valence-corrected chi connectivity index (χ1v) is 4.28. The van der Waals surface area contributed by atoms with E-state index in [4.69, 9.17) is 10.5 Å². The molecule has 3 N–H and O–H groups in total. The zero-order chi connectivity index (χ0) is 9.84. The molecule has 0 aromatic heterocycles. The smallest absolute Gasteiger partial charge is 0.239 e. The van der Waals surface area contributed by atoms with Crippen molar-refractivity contribution in [3.8, 4) is 0 Å². The maximum absolute atomic E-state index is 11.4. The van der Waals surface area contributed by atoms with Gasteiger partial charge in [0.1, 0.15) is 6.04 Å². The van der Waals surface area contributed by atoms with Gasteiger partial charge in [-0.05, 0) is 13.3 Å². The highest BCUT2D eigenvalue weighted by Gasteiger charge is 2.25. The van der Waals surface area contributed by atoms with Crippen molar-refractivity contribution in [2.24, 2.45) is 11.7 Å². The first-order chi connectivity index (χ1) is 6.11. The van der Waals surface area contributed by atoms with Crippen molar-refractivity contribution in [1.29, 1.82) is 0 Å². The van der Waals surface area contributed by atoms with Gasteiger partial charge >= 0.3 is 0 Å². The zero-order valence-electron chi connectivity index (χ0n) is 7.58. The van der Waals surface area contributed by atoms with Crippen LogP contribution < -0.4 is 11.1 Å². The lowest BCUT2D eigenvalue weighted by molar-refractivity contribution is -0.129. The van der Waals surface area contributed by atoms with E-state index in [-0.39, 0.29) is 11.8 Å². The molecule has 1 aliphatic rings. The van der Waals surface area contributed by atoms with Crippen molar-refractivity contribution in [2.75, 3.05) is 13.2 Å². The molecular weight excluding hydrogens is 172 g/mol. The van der Waals surface area contributed by atoms with Crippen LogP contribution in [-0.4, -0.2) is 31.1 Å². The summed E-state index contributed by atoms with van der Waals surface area (Å²) < 4.78 is 5.04. The standard InChI is InChI=1S/C8H14N2O3/c1-5(7(9)11)10-8(12)6-2-3-13-4-6/h5-6H,2-4H2,1H3,(H2,9,11)(H,10,12)/t5-,6+/m0/s1. The van der Waals surface area contributed by atoms with Crippen LogP contribution in [0.2, 0.25) is 0 Å². The van der Waals surface area contributed by atoms with Crippen LogP contribution in [0.4, 0.5) is 0 Å². The van der Waals surface area contributed by atoms with Crippen LogP contribution in [0.5, 0.6) is 0 Å². The summed E-state index contributed by atoms with van der Waals surface area (Å²) in [7, 11) is 0. The maximum atomic E-state index is 11.4. The molecule has 0 unspecified atom stereocenters. The third kappa shape index (κ3) is 2.69. The number of ether oxygens (including phenoxy) is 1. The lowest BCUT2D eigenvalue weighted by atomic mass is 10.1. The van der Waals surface area contributed by atoms with Crippen molar-refractivity contribution in [3.63, 3.8) is 0 Å². The Bertz CT molecular complexity index is 211. The van der Waals surface area contributed by atoms with Gasteiger partial charge in [0.2, 0.25) is 11.8 Å². The quantitative estimate of drug-likeness (QED) is 0.594. The average molecular weight is 186 g/mol. The van der Waals surface area contributed by atoms with E-state index >= 15 is 0 Å². The van der Waals surface area contributed by atoms with Crippen LogP contribution in [0.3, 0.4) is 0 Å². The molecule has 5 heteroatoms. The molecule has 1 aliphatic heterocycles. The van der Waals surface area contributed by atoms with Crippen molar-refractivity contribution < 1.29 is 14.3 Å². The minimum absolute atomic E-state index is 0.123. The topological polar surface area (TPSA) is 81.4 Å². The molecular formula is C8H14N2O3. The van der Waals surface area contributed by atoms with E-state index in [1.807, 2.05) is 0 Å². The highest BCUT2D eigenvalue weighted by Crippen LogP contribution is 2.11. The van der Waals surface area contributed by atoms with Gasteiger partial charge in [-0.25, -0.2) is 0 Å². The minimum atomic E-state index is -0.604. The molecule has 0 saturated carbocycles. The summed E-state index contributed by atoms with van der Waals surface area (Å²) in [4.78, 5) is 22.0. The number of hydrogen-bond acceptors (Lipinski definition) is 3. The predicted molar refractivity (Wildman–Crippen MR) is 45.7 cm³/mol. The van der Waals surface area contributed by atoms with Gasteiger partial charge < -0.3 is 15.8 Å². The molecule has 2 atom stereocenters. The molecule has 1 fully saturated rings. The van der Waals surface area contributed by atoms with Crippen LogP contribution in [0.25, 0.3) is 0 Å². The molecule has 13 heavy (non-hydrogen) atoms. The Balaban J connectivity index is 2.35. The lowest BCUT2D eigenvalue weighted by Crippen LogP contribution is -2.44. The largest absolute Gasteiger partial charge is 0.381 e. The molecule has 0 aromatic rings. The number of rotatable bonds is 3. The summed E-state index contributed by atoms with van der Waals surface area (Å²) in [5.41, 5.74) is 5.00. The Kier molecular flexibility index (Phi) is 3.25. The summed E-state index contributed by atoms with van der Waals surface area (Å²) in [6.07, 6.45) is 0.720. The van der Waals surface area contributed by atoms with E-state index in [2.05, 4.69) is 5.32 Å². The van der Waals surface area contributed by atoms with Crippen molar-refractivity contribution in [1.82, 2.24) is 5.32 Å². The maximum Gasteiger partial charge on any atom is 0.239 e. The Morgan fingerprint density at radius 1 is 1.62 bits per heavy atom. The monoisotopic (exact) mass is 186 g/mol. The molecule has 0 aliphatic carbocycles. The van der Waals surface area contributed by atoms with Gasteiger partial charge in [-0.1, -0.05) is 0 Å². The van der Waals surface area contributed by atoms with Crippen molar-refractivity contribution in [2.45, 2.75) is 19.4 Å². The van der Waals surface area contributed by atoms with Crippen LogP contribution in [-0.2, 0) is 14.3 Å². The molecule has 0 aromatic carbocycles. The van der Waals surface area contributed by atoms with E-state index in [1.54, 1.807) is 6.92 Å². The molecule has 0 radical (unpaired) electrons. The number of hydrogen-bond donors (Lipinski definition) is 2. The van der Waals surface area contributed by atoms with Crippen molar-refractivity contribution in [3.05, 3.63) is 0 Å². The van der Waals surface area contributed by atoms with Gasteiger partial charge in [0.15, 0.2) is 0 Å². The second-order valence-electron chi connectivity index (χ2n) is 3.19. The highest BCUT2D eigenvalue weighted by molar-refractivity contribution is 5.87. The molecule has 1 saturated heterocycles. The second-order valence-corrected chi connectivity index (χ2v) is 3.19. The summed E-state index contributed by atoms with van der Waals surface area (Å²) in [6, 6.07) is -0.604. The van der Waals surface area contributed by atoms with E-state index < -0.39 is 11.9 Å². The molecule has 2 amide bonds. The van der Waals surface area contributed by atoms with E-state index in [0.717, 1.165) is 6.42 Å². The Hall–Kier alpha value is -1.10. The number of primary amides is 1. The van der Waals surface area contributed by atoms with Gasteiger partial charge in [0.05, 0.1) is 12.5 Å². The fourth-order valence-corrected chi connectivity index (χ4v) is 1.14. The summed E-state index contributed by atoms with van der Waals surface area (Å²) in [6.45, 7) is 2.62. The second kappa shape index (κ2) is 4.23. The number of carbonyl (C=O) groups excluding carboxylic acids is 2. The van der Waals surface area contributed by atoms with Gasteiger partial charge in [0.25, 0.3) is 0 Å². The number of nitrogens with two attached hydrogens (primary N) is 1. The summed E-state index contributed by atoms with van der Waals surface area (Å²) in [5.74, 6) is -0.794. The predicted octanol–water partition coefficient (Wildman–Crippen LogP) is -0.987. The molecule has 74 valence electrons. The normalized spacial score (nSPS) is 23.9. The van der Waals surface area contributed by atoms with E-state index in [1.165, 1.54) is 0 Å². The fourth-order valence-electron chi connectivity index (χ4n) is 1.14. The molecule has 1 rings (SSSR count). The number of carbonyl (C=O) groups is 2. The van der Waals surface area contributed by atoms with Gasteiger partial charge in [-0.2, -0.15) is 0 Å². The molecule has 0 spiro atoms. The minimum Gasteiger partial charge on any atom is -0.381 e. The number of amides is 2. The van der Waals surface area contributed by atoms with E-state index in [0.29, 0.717) is 13.2 Å². The Labute approximate surface area is 76.6 Å². The summed E-state index contributed by atoms with van der Waals surface area (Å²) in [5, 5.41) is 2.53. The van der Waals surface area contributed by atoms with Gasteiger partial charge in [-0.15, -0.1) is 0 Å². The highest BCUT2D eigenvalue weighted by atomic mass is 16.5. The summed E-state index contributed by atoms with van der Waals surface area (Å²) >= 11 is 0. The third-order valence-electron chi connectivity index (χ3n) is 2.09. The number of nitrogens with one attached hydrogen (secondary N) is 1. The molecule has 0 bridgehead atoms. The van der Waals surface area contributed by atoms with Crippen LogP contribution in [0, 0.1) is 5.92 Å². The molecule has 1 heterocycles. The first kappa shape index (κ1) is 9.98. The van der Waals surface area contributed by atoms with Gasteiger partial charge in [0, 0.05) is 6.61 Å². The Morgan fingerprint density at radius 3 is 2.77 bits per heavy atom. The Morgan fingerprint density at radius 2 is 2.31 bits per heavy atom. The van der Waals surface area contributed by atoms with Gasteiger partial charge in [-0.3, -0.25) is 9.59 Å². The fraction of sp³-hybridized carbons (Fsp3) is 0.750. The average Bonchev–Trinajstić information content (AvgIpc) is 2.55. The molecule has 5 nitrogen and oxygen atoms in total. The van der Waals surface area contributed by atoms with E-state index in [9.17, 15) is 9.59 Å².